The van der Waals surface area contributed by atoms with E-state index in [9.17, 15) is 5.11 Å². The van der Waals surface area contributed by atoms with Crippen LogP contribution in [0.4, 0.5) is 0 Å². The maximum Gasteiger partial charge on any atom is 0.262 e. The minimum atomic E-state index is 0.0972. The van der Waals surface area contributed by atoms with Crippen LogP contribution in [0.2, 0.25) is 0 Å². The van der Waals surface area contributed by atoms with Crippen molar-refractivity contribution in [3.8, 4) is 28.7 Å². The highest BCUT2D eigenvalue weighted by Crippen LogP contribution is 2.29. The highest BCUT2D eigenvalue weighted by Gasteiger charge is 2.14. The van der Waals surface area contributed by atoms with Crippen molar-refractivity contribution in [2.24, 2.45) is 0 Å². The topological polar surface area (TPSA) is 84.9 Å². The first-order valence-corrected chi connectivity index (χ1v) is 5.64. The number of phenolic OH excluding ortho intramolecular Hbond substituents is 1. The van der Waals surface area contributed by atoms with Crippen LogP contribution in [0.5, 0.6) is 5.75 Å². The van der Waals surface area contributed by atoms with Gasteiger partial charge in [-0.3, -0.25) is 4.98 Å². The van der Waals surface area contributed by atoms with Crippen molar-refractivity contribution in [3.05, 3.63) is 42.4 Å². The molecule has 0 saturated carbocycles. The van der Waals surface area contributed by atoms with E-state index in [2.05, 4.69) is 20.1 Å². The lowest BCUT2D eigenvalue weighted by Crippen LogP contribution is -1.86. The molecule has 0 amide bonds. The maximum absolute atomic E-state index is 9.81. The zero-order chi connectivity index (χ0) is 13.2. The van der Waals surface area contributed by atoms with Gasteiger partial charge < -0.3 is 9.63 Å². The summed E-state index contributed by atoms with van der Waals surface area (Å²) in [6.45, 7) is 1.92. The van der Waals surface area contributed by atoms with Gasteiger partial charge in [0.05, 0.1) is 11.8 Å². The average Bonchev–Trinajstić information content (AvgIpc) is 2.92. The number of aromatic hydroxyl groups is 1. The number of phenols is 1. The fraction of sp³-hybridized carbons (Fsp3) is 0.0769. The van der Waals surface area contributed by atoms with Crippen LogP contribution in [-0.4, -0.2) is 25.2 Å². The number of aromatic nitrogens is 4. The Morgan fingerprint density at radius 2 is 2.11 bits per heavy atom. The minimum Gasteiger partial charge on any atom is -0.507 e. The average molecular weight is 254 g/mol. The van der Waals surface area contributed by atoms with Gasteiger partial charge >= 0.3 is 0 Å². The Hall–Kier alpha value is -2.76. The number of nitrogens with zero attached hydrogens (tertiary/aromatic N) is 4. The first kappa shape index (κ1) is 11.3. The Balaban J connectivity index is 2.04. The molecule has 0 atom stereocenters. The molecule has 0 radical (unpaired) electrons. The van der Waals surface area contributed by atoms with Gasteiger partial charge in [-0.2, -0.15) is 4.98 Å². The van der Waals surface area contributed by atoms with Gasteiger partial charge in [-0.15, -0.1) is 0 Å². The van der Waals surface area contributed by atoms with Gasteiger partial charge in [-0.1, -0.05) is 16.8 Å². The van der Waals surface area contributed by atoms with Crippen LogP contribution < -0.4 is 0 Å². The maximum atomic E-state index is 9.81. The first-order valence-electron chi connectivity index (χ1n) is 5.64. The summed E-state index contributed by atoms with van der Waals surface area (Å²) >= 11 is 0. The fourth-order valence-corrected chi connectivity index (χ4v) is 1.67. The fourth-order valence-electron chi connectivity index (χ4n) is 1.67. The largest absolute Gasteiger partial charge is 0.507 e. The molecule has 0 spiro atoms. The van der Waals surface area contributed by atoms with E-state index in [0.717, 1.165) is 5.56 Å². The van der Waals surface area contributed by atoms with E-state index in [0.29, 0.717) is 17.1 Å². The van der Waals surface area contributed by atoms with E-state index in [1.807, 2.05) is 6.92 Å². The van der Waals surface area contributed by atoms with E-state index >= 15 is 0 Å². The molecule has 1 N–H and O–H groups in total. The molecule has 0 aliphatic carbocycles. The molecule has 19 heavy (non-hydrogen) atoms. The second kappa shape index (κ2) is 4.49. The van der Waals surface area contributed by atoms with Crippen molar-refractivity contribution in [2.75, 3.05) is 0 Å². The van der Waals surface area contributed by atoms with Crippen LogP contribution in [0.25, 0.3) is 23.0 Å². The van der Waals surface area contributed by atoms with E-state index < -0.39 is 0 Å². The smallest absolute Gasteiger partial charge is 0.262 e. The Labute approximate surface area is 108 Å². The monoisotopic (exact) mass is 254 g/mol. The molecule has 2 aromatic heterocycles. The lowest BCUT2D eigenvalue weighted by Gasteiger charge is -1.99. The molecule has 0 saturated heterocycles. The summed E-state index contributed by atoms with van der Waals surface area (Å²) in [6, 6.07) is 5.18. The third kappa shape index (κ3) is 2.15. The first-order chi connectivity index (χ1) is 9.24. The standard InChI is InChI=1S/C13H10N4O2/c1-8-2-3-11(18)9(6-8)13-16-12(17-19-13)10-7-14-4-5-15-10/h2-7,18H,1H3. The van der Waals surface area contributed by atoms with Crippen LogP contribution in [0.1, 0.15) is 5.56 Å². The molecular weight excluding hydrogens is 244 g/mol. The van der Waals surface area contributed by atoms with Crippen molar-refractivity contribution in [1.29, 1.82) is 0 Å². The van der Waals surface area contributed by atoms with E-state index in [-0.39, 0.29) is 11.6 Å². The van der Waals surface area contributed by atoms with Crippen molar-refractivity contribution < 1.29 is 9.63 Å². The summed E-state index contributed by atoms with van der Waals surface area (Å²) in [4.78, 5) is 12.2. The van der Waals surface area contributed by atoms with E-state index in [4.69, 9.17) is 4.52 Å². The molecule has 1 aromatic carbocycles. The van der Waals surface area contributed by atoms with Gasteiger partial charge in [-0.25, -0.2) is 4.98 Å². The van der Waals surface area contributed by atoms with Crippen molar-refractivity contribution in [3.63, 3.8) is 0 Å². The quantitative estimate of drug-likeness (QED) is 0.754. The molecule has 0 aliphatic rings. The van der Waals surface area contributed by atoms with E-state index in [1.54, 1.807) is 36.8 Å². The van der Waals surface area contributed by atoms with Crippen LogP contribution in [0.15, 0.2) is 41.3 Å². The SMILES string of the molecule is Cc1ccc(O)c(-c2nc(-c3cnccn3)no2)c1. The summed E-state index contributed by atoms with van der Waals surface area (Å²) < 4.78 is 5.15. The van der Waals surface area contributed by atoms with Crippen LogP contribution in [0.3, 0.4) is 0 Å². The van der Waals surface area contributed by atoms with Gasteiger partial charge in [0.15, 0.2) is 0 Å². The van der Waals surface area contributed by atoms with Gasteiger partial charge in [-0.05, 0) is 19.1 Å². The highest BCUT2D eigenvalue weighted by molar-refractivity contribution is 5.64. The van der Waals surface area contributed by atoms with Crippen LogP contribution in [0, 0.1) is 6.92 Å². The zero-order valence-corrected chi connectivity index (χ0v) is 10.1. The molecule has 6 heteroatoms. The molecule has 3 aromatic rings. The van der Waals surface area contributed by atoms with Crippen LogP contribution >= 0.6 is 0 Å². The summed E-state index contributed by atoms with van der Waals surface area (Å²) in [5.74, 6) is 0.686. The molecular formula is C13H10N4O2. The highest BCUT2D eigenvalue weighted by atomic mass is 16.5. The molecule has 94 valence electrons. The third-order valence-electron chi connectivity index (χ3n) is 2.60. The summed E-state index contributed by atoms with van der Waals surface area (Å²) in [5.41, 5.74) is 2.01. The Bertz CT molecular complexity index is 710. The minimum absolute atomic E-state index is 0.0972. The summed E-state index contributed by atoms with van der Waals surface area (Å²) in [6.07, 6.45) is 4.66. The predicted molar refractivity (Wildman–Crippen MR) is 67.2 cm³/mol. The number of benzene rings is 1. The zero-order valence-electron chi connectivity index (χ0n) is 10.1. The predicted octanol–water partition coefficient (Wildman–Crippen LogP) is 2.21. The second-order valence-corrected chi connectivity index (χ2v) is 4.03. The summed E-state index contributed by atoms with van der Waals surface area (Å²) in [7, 11) is 0. The Morgan fingerprint density at radius 1 is 1.21 bits per heavy atom. The van der Waals surface area contributed by atoms with Crippen molar-refractivity contribution >= 4 is 0 Å². The third-order valence-corrected chi connectivity index (χ3v) is 2.60. The molecule has 3 rings (SSSR count). The molecule has 0 bridgehead atoms. The number of hydrogen-bond donors (Lipinski definition) is 1. The van der Waals surface area contributed by atoms with E-state index in [1.165, 1.54) is 0 Å². The summed E-state index contributed by atoms with van der Waals surface area (Å²) in [5, 5.41) is 13.6. The van der Waals surface area contributed by atoms with Gasteiger partial charge in [0.1, 0.15) is 11.4 Å². The lowest BCUT2D eigenvalue weighted by atomic mass is 10.1. The lowest BCUT2D eigenvalue weighted by molar-refractivity contribution is 0.425. The molecule has 0 aliphatic heterocycles. The Kier molecular flexibility index (Phi) is 2.68. The number of aryl methyl sites for hydroxylation is 1. The van der Waals surface area contributed by atoms with Crippen LogP contribution in [-0.2, 0) is 0 Å². The number of hydrogen-bond acceptors (Lipinski definition) is 6. The molecule has 0 fully saturated rings. The number of rotatable bonds is 2. The molecule has 2 heterocycles. The second-order valence-electron chi connectivity index (χ2n) is 4.03. The normalized spacial score (nSPS) is 10.6. The molecule has 6 nitrogen and oxygen atoms in total. The molecule has 0 unspecified atom stereocenters. The Morgan fingerprint density at radius 3 is 2.89 bits per heavy atom. The van der Waals surface area contributed by atoms with Gasteiger partial charge in [0, 0.05) is 12.4 Å². The van der Waals surface area contributed by atoms with Crippen molar-refractivity contribution in [2.45, 2.75) is 6.92 Å². The van der Waals surface area contributed by atoms with Crippen molar-refractivity contribution in [1.82, 2.24) is 20.1 Å². The van der Waals surface area contributed by atoms with Gasteiger partial charge in [0.2, 0.25) is 5.82 Å². The van der Waals surface area contributed by atoms with Gasteiger partial charge in [0.25, 0.3) is 5.89 Å².